The fraction of sp³-hybridized carbons (Fsp3) is 0.619. The highest BCUT2D eigenvalue weighted by Gasteiger charge is 2.24. The predicted molar refractivity (Wildman–Crippen MR) is 120 cm³/mol. The van der Waals surface area contributed by atoms with Crippen LogP contribution >= 0.6 is 23.2 Å². The number of piperidine rings is 1. The minimum absolute atomic E-state index is 0.0643. The van der Waals surface area contributed by atoms with Crippen LogP contribution in [0.15, 0.2) is 18.2 Å². The monoisotopic (exact) mass is 472 g/mol. The zero-order valence-corrected chi connectivity index (χ0v) is 19.3. The molecule has 31 heavy (non-hydrogen) atoms. The minimum atomic E-state index is -0.287. The first-order chi connectivity index (χ1) is 14.9. The number of likely N-dealkylation sites (tertiary alicyclic amines) is 1. The third kappa shape index (κ3) is 7.42. The molecule has 0 radical (unpaired) electrons. The van der Waals surface area contributed by atoms with Crippen molar-refractivity contribution >= 4 is 35.3 Å². The molecule has 1 atom stereocenters. The lowest BCUT2D eigenvalue weighted by Crippen LogP contribution is -2.49. The van der Waals surface area contributed by atoms with Gasteiger partial charge in [-0.2, -0.15) is 0 Å². The molecular weight excluding hydrogens is 443 g/mol. The Hall–Kier alpha value is -1.74. The second-order valence-electron chi connectivity index (χ2n) is 7.97. The molecule has 2 heterocycles. The number of hydrogen-bond acceptors (Lipinski definition) is 5. The molecule has 8 nitrogen and oxygen atoms in total. The van der Waals surface area contributed by atoms with E-state index in [4.69, 9.17) is 32.7 Å². The van der Waals surface area contributed by atoms with Gasteiger partial charge >= 0.3 is 12.1 Å². The van der Waals surface area contributed by atoms with Gasteiger partial charge in [0.25, 0.3) is 0 Å². The summed E-state index contributed by atoms with van der Waals surface area (Å²) in [6.07, 6.45) is 1.35. The lowest BCUT2D eigenvalue weighted by Gasteiger charge is -2.33. The van der Waals surface area contributed by atoms with Crippen molar-refractivity contribution < 1.29 is 19.1 Å². The number of hydrogen-bond donors (Lipinski definition) is 2. The standard InChI is InChI=1S/C21H30Cl2N4O4/c1-30-21(29)27-6-4-15(5-7-27)11-24-20(28)25-12-17-14-26(8-9-31-17)13-16-2-3-18(22)19(23)10-16/h2-3,10,15,17H,4-9,11-14H2,1H3,(H2,24,25,28)/t17-/m0/s1. The molecule has 1 aromatic carbocycles. The maximum absolute atomic E-state index is 12.2. The quantitative estimate of drug-likeness (QED) is 0.664. The highest BCUT2D eigenvalue weighted by Crippen LogP contribution is 2.23. The molecule has 0 aromatic heterocycles. The van der Waals surface area contributed by atoms with Gasteiger partial charge in [0.15, 0.2) is 0 Å². The number of benzene rings is 1. The van der Waals surface area contributed by atoms with E-state index >= 15 is 0 Å². The third-order valence-electron chi connectivity index (χ3n) is 5.70. The zero-order valence-electron chi connectivity index (χ0n) is 17.7. The fourth-order valence-corrected chi connectivity index (χ4v) is 4.22. The molecule has 0 aliphatic carbocycles. The van der Waals surface area contributed by atoms with Gasteiger partial charge in [-0.05, 0) is 36.5 Å². The molecule has 0 saturated carbocycles. The normalized spacial score (nSPS) is 20.4. The van der Waals surface area contributed by atoms with Crippen LogP contribution in [0.2, 0.25) is 10.0 Å². The first kappa shape index (κ1) is 23.9. The van der Waals surface area contributed by atoms with Gasteiger partial charge in [-0.25, -0.2) is 9.59 Å². The van der Waals surface area contributed by atoms with Crippen molar-refractivity contribution in [3.63, 3.8) is 0 Å². The number of urea groups is 1. The van der Waals surface area contributed by atoms with Gasteiger partial charge in [0, 0.05) is 45.8 Å². The maximum atomic E-state index is 12.2. The molecule has 10 heteroatoms. The Labute approximate surface area is 193 Å². The average Bonchev–Trinajstić information content (AvgIpc) is 2.79. The third-order valence-corrected chi connectivity index (χ3v) is 6.44. The largest absolute Gasteiger partial charge is 0.453 e. The molecule has 0 bridgehead atoms. The summed E-state index contributed by atoms with van der Waals surface area (Å²) in [5, 5.41) is 6.94. The van der Waals surface area contributed by atoms with Crippen LogP contribution in [0.3, 0.4) is 0 Å². The number of nitrogens with zero attached hydrogens (tertiary/aromatic N) is 2. The highest BCUT2D eigenvalue weighted by atomic mass is 35.5. The summed E-state index contributed by atoms with van der Waals surface area (Å²) in [4.78, 5) is 27.7. The molecule has 3 amide bonds. The first-order valence-corrected chi connectivity index (χ1v) is 11.3. The second-order valence-corrected chi connectivity index (χ2v) is 8.78. The van der Waals surface area contributed by atoms with E-state index in [9.17, 15) is 9.59 Å². The lowest BCUT2D eigenvalue weighted by atomic mass is 9.97. The number of methoxy groups -OCH3 is 1. The summed E-state index contributed by atoms with van der Waals surface area (Å²) in [6, 6.07) is 5.47. The summed E-state index contributed by atoms with van der Waals surface area (Å²) in [6.45, 7) is 5.29. The van der Waals surface area contributed by atoms with Crippen LogP contribution in [0.25, 0.3) is 0 Å². The number of nitrogens with one attached hydrogen (secondary N) is 2. The number of carbonyl (C=O) groups excluding carboxylic acids is 2. The van der Waals surface area contributed by atoms with E-state index in [1.165, 1.54) is 7.11 Å². The average molecular weight is 473 g/mol. The van der Waals surface area contributed by atoms with Gasteiger partial charge in [0.05, 0.1) is 29.9 Å². The lowest BCUT2D eigenvalue weighted by molar-refractivity contribution is -0.0287. The van der Waals surface area contributed by atoms with Crippen molar-refractivity contribution in [3.8, 4) is 0 Å². The summed E-state index contributed by atoms with van der Waals surface area (Å²) >= 11 is 12.1. The summed E-state index contributed by atoms with van der Waals surface area (Å²) < 4.78 is 10.5. The molecule has 1 aromatic rings. The van der Waals surface area contributed by atoms with E-state index in [-0.39, 0.29) is 18.2 Å². The topological polar surface area (TPSA) is 83.1 Å². The van der Waals surface area contributed by atoms with E-state index in [2.05, 4.69) is 15.5 Å². The molecule has 2 N–H and O–H groups in total. The van der Waals surface area contributed by atoms with E-state index in [0.29, 0.717) is 48.7 Å². The van der Waals surface area contributed by atoms with Gasteiger partial charge in [-0.15, -0.1) is 0 Å². The predicted octanol–water partition coefficient (Wildman–Crippen LogP) is 2.97. The Balaban J connectivity index is 1.33. The van der Waals surface area contributed by atoms with Gasteiger partial charge in [-0.1, -0.05) is 29.3 Å². The number of amides is 3. The second kappa shape index (κ2) is 11.8. The molecule has 2 aliphatic heterocycles. The van der Waals surface area contributed by atoms with Gasteiger partial charge in [0.1, 0.15) is 0 Å². The van der Waals surface area contributed by atoms with Crippen molar-refractivity contribution in [2.45, 2.75) is 25.5 Å². The van der Waals surface area contributed by atoms with Crippen LogP contribution in [0, 0.1) is 5.92 Å². The number of morpholine rings is 1. The van der Waals surface area contributed by atoms with E-state index in [0.717, 1.165) is 38.0 Å². The number of rotatable bonds is 6. The maximum Gasteiger partial charge on any atom is 0.409 e. The molecule has 2 fully saturated rings. The van der Waals surface area contributed by atoms with Crippen LogP contribution < -0.4 is 10.6 Å². The molecule has 172 valence electrons. The zero-order chi connectivity index (χ0) is 22.2. The van der Waals surface area contributed by atoms with E-state index < -0.39 is 0 Å². The molecule has 2 aliphatic rings. The van der Waals surface area contributed by atoms with Gasteiger partial charge in [0.2, 0.25) is 0 Å². The van der Waals surface area contributed by atoms with Crippen molar-refractivity contribution in [2.24, 2.45) is 5.92 Å². The number of ether oxygens (including phenoxy) is 2. The van der Waals surface area contributed by atoms with Crippen LogP contribution in [-0.4, -0.2) is 81.0 Å². The van der Waals surface area contributed by atoms with Crippen molar-refractivity contribution in [2.75, 3.05) is 53.0 Å². The molecule has 0 unspecified atom stereocenters. The number of halogens is 2. The Morgan fingerprint density at radius 2 is 1.87 bits per heavy atom. The van der Waals surface area contributed by atoms with E-state index in [1.54, 1.807) is 4.90 Å². The van der Waals surface area contributed by atoms with Crippen molar-refractivity contribution in [1.82, 2.24) is 20.4 Å². The van der Waals surface area contributed by atoms with Crippen LogP contribution in [0.1, 0.15) is 18.4 Å². The van der Waals surface area contributed by atoms with Crippen molar-refractivity contribution in [1.29, 1.82) is 0 Å². The molecule has 3 rings (SSSR count). The van der Waals surface area contributed by atoms with Crippen LogP contribution in [-0.2, 0) is 16.0 Å². The SMILES string of the molecule is COC(=O)N1CCC(CNC(=O)NC[C@H]2CN(Cc3ccc(Cl)c(Cl)c3)CCO2)CC1. The van der Waals surface area contributed by atoms with Gasteiger partial charge < -0.3 is 25.0 Å². The first-order valence-electron chi connectivity index (χ1n) is 10.6. The molecule has 2 saturated heterocycles. The summed E-state index contributed by atoms with van der Waals surface area (Å²) in [5.74, 6) is 0.360. The Bertz CT molecular complexity index is 759. The van der Waals surface area contributed by atoms with Crippen LogP contribution in [0.4, 0.5) is 9.59 Å². The summed E-state index contributed by atoms with van der Waals surface area (Å²) in [5.41, 5.74) is 1.10. The highest BCUT2D eigenvalue weighted by molar-refractivity contribution is 6.42. The Kier molecular flexibility index (Phi) is 9.07. The molecule has 0 spiro atoms. The fourth-order valence-electron chi connectivity index (χ4n) is 3.90. The van der Waals surface area contributed by atoms with E-state index in [1.807, 2.05) is 18.2 Å². The Morgan fingerprint density at radius 1 is 1.13 bits per heavy atom. The Morgan fingerprint density at radius 3 is 2.58 bits per heavy atom. The molecular formula is C21H30Cl2N4O4. The van der Waals surface area contributed by atoms with Crippen molar-refractivity contribution in [3.05, 3.63) is 33.8 Å². The minimum Gasteiger partial charge on any atom is -0.453 e. The smallest absolute Gasteiger partial charge is 0.409 e. The number of carbonyl (C=O) groups is 2. The van der Waals surface area contributed by atoms with Gasteiger partial charge in [-0.3, -0.25) is 4.90 Å². The summed E-state index contributed by atoms with van der Waals surface area (Å²) in [7, 11) is 1.39. The van der Waals surface area contributed by atoms with Crippen LogP contribution in [0.5, 0.6) is 0 Å².